The summed E-state index contributed by atoms with van der Waals surface area (Å²) in [6.07, 6.45) is 3.44. The number of aromatic nitrogens is 2. The summed E-state index contributed by atoms with van der Waals surface area (Å²) in [7, 11) is -6.87. The van der Waals surface area contributed by atoms with Crippen LogP contribution in [0.2, 0.25) is 0 Å². The molecule has 2 heterocycles. The zero-order valence-corrected chi connectivity index (χ0v) is 14.0. The first kappa shape index (κ1) is 16.7. The standard InChI is InChI=1S/C11H18ClN3O4S2/c1-10-9-20(16,17)6-5-15(10)21(18,19)11-7-13-14(8-11)4-2-3-12/h7-8,10H,2-6,9H2,1H3. The van der Waals surface area contributed by atoms with Gasteiger partial charge in [-0.05, 0) is 13.3 Å². The Hall–Kier alpha value is -0.640. The van der Waals surface area contributed by atoms with Crippen molar-refractivity contribution >= 4 is 31.5 Å². The molecule has 2 rings (SSSR count). The highest BCUT2D eigenvalue weighted by Gasteiger charge is 2.37. The van der Waals surface area contributed by atoms with Gasteiger partial charge in [0.25, 0.3) is 0 Å². The van der Waals surface area contributed by atoms with E-state index in [0.29, 0.717) is 18.8 Å². The van der Waals surface area contributed by atoms with E-state index >= 15 is 0 Å². The molecule has 120 valence electrons. The van der Waals surface area contributed by atoms with Crippen LogP contribution in [0.1, 0.15) is 13.3 Å². The van der Waals surface area contributed by atoms with E-state index in [1.165, 1.54) is 21.4 Å². The Bertz CT molecular complexity index is 699. The van der Waals surface area contributed by atoms with Crippen molar-refractivity contribution in [2.75, 3.05) is 23.9 Å². The summed E-state index contributed by atoms with van der Waals surface area (Å²) >= 11 is 5.59. The third-order valence-electron chi connectivity index (χ3n) is 3.35. The first-order valence-electron chi connectivity index (χ1n) is 6.57. The van der Waals surface area contributed by atoms with Gasteiger partial charge in [0.05, 0.1) is 17.7 Å². The number of sulfonamides is 1. The van der Waals surface area contributed by atoms with Crippen LogP contribution in [-0.2, 0) is 26.4 Å². The molecule has 1 unspecified atom stereocenters. The average Bonchev–Trinajstić information content (AvgIpc) is 2.84. The fraction of sp³-hybridized carbons (Fsp3) is 0.727. The highest BCUT2D eigenvalue weighted by Crippen LogP contribution is 2.21. The highest BCUT2D eigenvalue weighted by atomic mass is 35.5. The maximum atomic E-state index is 12.5. The molecule has 0 bridgehead atoms. The molecule has 1 aromatic rings. The van der Waals surface area contributed by atoms with Crippen molar-refractivity contribution < 1.29 is 16.8 Å². The van der Waals surface area contributed by atoms with E-state index in [2.05, 4.69) is 5.10 Å². The van der Waals surface area contributed by atoms with Crippen molar-refractivity contribution in [1.29, 1.82) is 0 Å². The Morgan fingerprint density at radius 3 is 2.81 bits per heavy atom. The third-order valence-corrected chi connectivity index (χ3v) is 7.37. The van der Waals surface area contributed by atoms with Crippen LogP contribution in [0.25, 0.3) is 0 Å². The minimum atomic E-state index is -3.71. The largest absolute Gasteiger partial charge is 0.271 e. The predicted octanol–water partition coefficient (Wildman–Crippen LogP) is 0.320. The van der Waals surface area contributed by atoms with Gasteiger partial charge in [-0.25, -0.2) is 16.8 Å². The highest BCUT2D eigenvalue weighted by molar-refractivity contribution is 7.92. The van der Waals surface area contributed by atoms with Crippen LogP contribution >= 0.6 is 11.6 Å². The molecule has 1 aliphatic heterocycles. The van der Waals surface area contributed by atoms with E-state index in [0.717, 1.165) is 0 Å². The Kier molecular flexibility index (Phi) is 4.96. The molecule has 1 aromatic heterocycles. The van der Waals surface area contributed by atoms with E-state index in [-0.39, 0.29) is 22.9 Å². The Morgan fingerprint density at radius 2 is 2.19 bits per heavy atom. The van der Waals surface area contributed by atoms with Gasteiger partial charge in [0.2, 0.25) is 10.0 Å². The van der Waals surface area contributed by atoms with Crippen LogP contribution in [-0.4, -0.2) is 60.9 Å². The lowest BCUT2D eigenvalue weighted by Gasteiger charge is -2.31. The number of rotatable bonds is 5. The van der Waals surface area contributed by atoms with Gasteiger partial charge in [0.15, 0.2) is 9.84 Å². The number of halogens is 1. The maximum absolute atomic E-state index is 12.5. The van der Waals surface area contributed by atoms with Crippen LogP contribution in [0, 0.1) is 0 Å². The summed E-state index contributed by atoms with van der Waals surface area (Å²) in [5.74, 6) is 0.187. The lowest BCUT2D eigenvalue weighted by molar-refractivity contribution is 0.357. The number of aryl methyl sites for hydroxylation is 1. The minimum absolute atomic E-state index is 0.0152. The van der Waals surface area contributed by atoms with E-state index in [4.69, 9.17) is 11.6 Å². The van der Waals surface area contributed by atoms with Gasteiger partial charge in [-0.2, -0.15) is 9.40 Å². The molecule has 0 saturated carbocycles. The molecule has 0 amide bonds. The number of sulfone groups is 1. The molecule has 0 spiro atoms. The van der Waals surface area contributed by atoms with Gasteiger partial charge in [0, 0.05) is 31.2 Å². The van der Waals surface area contributed by atoms with Gasteiger partial charge >= 0.3 is 0 Å². The molecule has 0 N–H and O–H groups in total. The minimum Gasteiger partial charge on any atom is -0.271 e. The van der Waals surface area contributed by atoms with Crippen molar-refractivity contribution in [2.45, 2.75) is 30.8 Å². The molecule has 10 heteroatoms. The fourth-order valence-electron chi connectivity index (χ4n) is 2.30. The molecule has 0 aromatic carbocycles. The molecule has 1 aliphatic rings. The number of hydrogen-bond acceptors (Lipinski definition) is 5. The Balaban J connectivity index is 2.20. The third kappa shape index (κ3) is 3.77. The molecule has 1 fully saturated rings. The first-order valence-corrected chi connectivity index (χ1v) is 10.4. The molecule has 1 saturated heterocycles. The van der Waals surface area contributed by atoms with Crippen LogP contribution in [0.4, 0.5) is 0 Å². The number of alkyl halides is 1. The van der Waals surface area contributed by atoms with Crippen molar-refractivity contribution in [1.82, 2.24) is 14.1 Å². The molecular weight excluding hydrogens is 338 g/mol. The average molecular weight is 356 g/mol. The van der Waals surface area contributed by atoms with E-state index in [1.807, 2.05) is 0 Å². The van der Waals surface area contributed by atoms with Crippen LogP contribution in [0.15, 0.2) is 17.3 Å². The second kappa shape index (κ2) is 6.23. The smallest absolute Gasteiger partial charge is 0.246 e. The monoisotopic (exact) mass is 355 g/mol. The van der Waals surface area contributed by atoms with Crippen molar-refractivity contribution in [3.8, 4) is 0 Å². The van der Waals surface area contributed by atoms with Gasteiger partial charge in [-0.3, -0.25) is 4.68 Å². The van der Waals surface area contributed by atoms with Crippen molar-refractivity contribution in [2.24, 2.45) is 0 Å². The van der Waals surface area contributed by atoms with Crippen LogP contribution < -0.4 is 0 Å². The van der Waals surface area contributed by atoms with Crippen LogP contribution in [0.3, 0.4) is 0 Å². The number of hydrogen-bond donors (Lipinski definition) is 0. The summed E-state index contributed by atoms with van der Waals surface area (Å²) in [5, 5.41) is 4.00. The molecule has 21 heavy (non-hydrogen) atoms. The quantitative estimate of drug-likeness (QED) is 0.709. The lowest BCUT2D eigenvalue weighted by atomic mass is 10.4. The first-order chi connectivity index (χ1) is 9.76. The van der Waals surface area contributed by atoms with E-state index in [1.54, 1.807) is 6.92 Å². The number of nitrogens with zero attached hydrogens (tertiary/aromatic N) is 3. The summed E-state index contributed by atoms with van der Waals surface area (Å²) in [4.78, 5) is 0.0863. The van der Waals surface area contributed by atoms with Crippen LogP contribution in [0.5, 0.6) is 0 Å². The lowest BCUT2D eigenvalue weighted by Crippen LogP contribution is -2.49. The summed E-state index contributed by atoms with van der Waals surface area (Å²) in [5.41, 5.74) is 0. The Morgan fingerprint density at radius 1 is 1.48 bits per heavy atom. The summed E-state index contributed by atoms with van der Waals surface area (Å²) < 4.78 is 50.9. The zero-order chi connectivity index (χ0) is 15.7. The molecule has 0 radical (unpaired) electrons. The molecule has 1 atom stereocenters. The predicted molar refractivity (Wildman–Crippen MR) is 79.6 cm³/mol. The second-order valence-corrected chi connectivity index (χ2v) is 9.56. The van der Waals surface area contributed by atoms with Gasteiger partial charge in [-0.1, -0.05) is 0 Å². The topological polar surface area (TPSA) is 89.3 Å². The molecule has 7 nitrogen and oxygen atoms in total. The molecular formula is C11H18ClN3O4S2. The van der Waals surface area contributed by atoms with Crippen molar-refractivity contribution in [3.05, 3.63) is 12.4 Å². The van der Waals surface area contributed by atoms with Gasteiger partial charge in [0.1, 0.15) is 4.90 Å². The Labute approximate surface area is 129 Å². The summed E-state index contributed by atoms with van der Waals surface area (Å²) in [6, 6.07) is -0.569. The van der Waals surface area contributed by atoms with E-state index in [9.17, 15) is 16.8 Å². The second-order valence-electron chi connectivity index (χ2n) is 5.06. The zero-order valence-electron chi connectivity index (χ0n) is 11.6. The maximum Gasteiger partial charge on any atom is 0.246 e. The molecule has 0 aliphatic carbocycles. The van der Waals surface area contributed by atoms with Crippen molar-refractivity contribution in [3.63, 3.8) is 0 Å². The van der Waals surface area contributed by atoms with E-state index < -0.39 is 25.9 Å². The van der Waals surface area contributed by atoms with Gasteiger partial charge in [-0.15, -0.1) is 11.6 Å². The fourth-order valence-corrected chi connectivity index (χ4v) is 5.77. The SMILES string of the molecule is CC1CS(=O)(=O)CCN1S(=O)(=O)c1cnn(CCCCl)c1. The normalized spacial score (nSPS) is 23.2. The summed E-state index contributed by atoms with van der Waals surface area (Å²) in [6.45, 7) is 2.13. The van der Waals surface area contributed by atoms with Gasteiger partial charge < -0.3 is 0 Å².